The lowest BCUT2D eigenvalue weighted by Crippen LogP contribution is -2.31. The molecule has 4 aromatic rings. The number of halogens is 1. The van der Waals surface area contributed by atoms with E-state index in [-0.39, 0.29) is 11.5 Å². The van der Waals surface area contributed by atoms with Crippen molar-refractivity contribution in [1.82, 2.24) is 9.55 Å². The fraction of sp³-hybridized carbons (Fsp3) is 0.192. The maximum absolute atomic E-state index is 13.8. The Hall–Kier alpha value is -4.16. The summed E-state index contributed by atoms with van der Waals surface area (Å²) in [4.78, 5) is 6.86. The molecule has 0 N–H and O–H groups in total. The minimum atomic E-state index is -0.296. The van der Waals surface area contributed by atoms with Crippen molar-refractivity contribution in [1.29, 1.82) is 10.5 Å². The minimum Gasteiger partial charge on any atom is -0.350 e. The van der Waals surface area contributed by atoms with E-state index < -0.39 is 0 Å². The summed E-state index contributed by atoms with van der Waals surface area (Å²) in [5.41, 5.74) is 5.74. The summed E-state index contributed by atoms with van der Waals surface area (Å²) >= 11 is 0. The molecule has 0 fully saturated rings. The molecule has 5 rings (SSSR count). The van der Waals surface area contributed by atoms with Crippen molar-refractivity contribution in [2.75, 3.05) is 11.4 Å². The standard InChI is InChI=1S/C26H20FN5/c1-17-24(14-29)23-12-22(13-28)30-26(31-10-9-19-6-2-3-7-20(19)16-31)25(23)32(17)15-18-5-4-8-21(27)11-18/h2-8,11-12H,9-10,15-16H2,1H3. The summed E-state index contributed by atoms with van der Waals surface area (Å²) in [5.74, 6) is 0.393. The largest absolute Gasteiger partial charge is 0.350 e. The molecule has 5 nitrogen and oxygen atoms in total. The average Bonchev–Trinajstić information content (AvgIpc) is 3.08. The number of aromatic nitrogens is 2. The van der Waals surface area contributed by atoms with Crippen molar-refractivity contribution in [3.8, 4) is 12.1 Å². The molecule has 0 aliphatic carbocycles. The van der Waals surface area contributed by atoms with Gasteiger partial charge in [-0.1, -0.05) is 36.4 Å². The quantitative estimate of drug-likeness (QED) is 0.475. The number of hydrogen-bond donors (Lipinski definition) is 0. The van der Waals surface area contributed by atoms with Gasteiger partial charge in [0.1, 0.15) is 23.6 Å². The highest BCUT2D eigenvalue weighted by atomic mass is 19.1. The lowest BCUT2D eigenvalue weighted by atomic mass is 10.00. The molecule has 0 unspecified atom stereocenters. The number of pyridine rings is 1. The van der Waals surface area contributed by atoms with Gasteiger partial charge in [0.2, 0.25) is 0 Å². The van der Waals surface area contributed by atoms with Gasteiger partial charge in [0.05, 0.1) is 11.1 Å². The zero-order chi connectivity index (χ0) is 22.2. The van der Waals surface area contributed by atoms with Gasteiger partial charge in [-0.2, -0.15) is 10.5 Å². The van der Waals surface area contributed by atoms with Crippen molar-refractivity contribution < 1.29 is 4.39 Å². The molecule has 1 aliphatic heterocycles. The first-order valence-corrected chi connectivity index (χ1v) is 10.5. The first kappa shape index (κ1) is 19.8. The van der Waals surface area contributed by atoms with Crippen LogP contribution in [0.3, 0.4) is 0 Å². The first-order chi connectivity index (χ1) is 15.6. The lowest BCUT2D eigenvalue weighted by Gasteiger charge is -2.30. The Labute approximate surface area is 185 Å². The number of fused-ring (bicyclic) bond motifs is 2. The Morgan fingerprint density at radius 3 is 2.59 bits per heavy atom. The third-order valence-corrected chi connectivity index (χ3v) is 6.17. The molecule has 3 heterocycles. The zero-order valence-electron chi connectivity index (χ0n) is 17.6. The van der Waals surface area contributed by atoms with Gasteiger partial charge < -0.3 is 9.47 Å². The van der Waals surface area contributed by atoms with Crippen molar-refractivity contribution in [3.63, 3.8) is 0 Å². The van der Waals surface area contributed by atoms with E-state index in [1.807, 2.05) is 29.7 Å². The molecular weight excluding hydrogens is 401 g/mol. The maximum Gasteiger partial charge on any atom is 0.155 e. The number of anilines is 1. The second kappa shape index (κ2) is 7.83. The second-order valence-corrected chi connectivity index (χ2v) is 8.07. The highest BCUT2D eigenvalue weighted by molar-refractivity contribution is 5.96. The fourth-order valence-corrected chi connectivity index (χ4v) is 4.59. The summed E-state index contributed by atoms with van der Waals surface area (Å²) in [6.07, 6.45) is 0.880. The third kappa shape index (κ3) is 3.27. The smallest absolute Gasteiger partial charge is 0.155 e. The monoisotopic (exact) mass is 421 g/mol. The van der Waals surface area contributed by atoms with Gasteiger partial charge in [-0.15, -0.1) is 0 Å². The predicted molar refractivity (Wildman–Crippen MR) is 121 cm³/mol. The molecule has 0 amide bonds. The first-order valence-electron chi connectivity index (χ1n) is 10.5. The van der Waals surface area contributed by atoms with E-state index in [1.54, 1.807) is 12.1 Å². The van der Waals surface area contributed by atoms with E-state index >= 15 is 0 Å². The minimum absolute atomic E-state index is 0.283. The van der Waals surface area contributed by atoms with Gasteiger partial charge >= 0.3 is 0 Å². The normalized spacial score (nSPS) is 12.9. The predicted octanol–water partition coefficient (Wildman–Crippen LogP) is 4.84. The van der Waals surface area contributed by atoms with Crippen molar-refractivity contribution in [2.45, 2.75) is 26.4 Å². The van der Waals surface area contributed by atoms with E-state index in [4.69, 9.17) is 0 Å². The van der Waals surface area contributed by atoms with Crippen LogP contribution in [-0.4, -0.2) is 16.1 Å². The molecule has 2 aromatic heterocycles. The SMILES string of the molecule is Cc1c(C#N)c2cc(C#N)nc(N3CCc4ccccc4C3)c2n1Cc1cccc(F)c1. The molecule has 0 saturated carbocycles. The Morgan fingerprint density at radius 2 is 1.84 bits per heavy atom. The van der Waals surface area contributed by atoms with Crippen molar-refractivity contribution in [2.24, 2.45) is 0 Å². The van der Waals surface area contributed by atoms with E-state index in [9.17, 15) is 14.9 Å². The Kier molecular flexibility index (Phi) is 4.84. The topological polar surface area (TPSA) is 68.6 Å². The summed E-state index contributed by atoms with van der Waals surface area (Å²) in [7, 11) is 0. The molecule has 1 aliphatic rings. The van der Waals surface area contributed by atoms with Crippen LogP contribution in [0.25, 0.3) is 10.9 Å². The molecule has 0 bridgehead atoms. The van der Waals surface area contributed by atoms with Crippen LogP contribution in [0.4, 0.5) is 10.2 Å². The van der Waals surface area contributed by atoms with E-state index in [1.165, 1.54) is 23.3 Å². The number of nitrogens with zero attached hydrogens (tertiary/aromatic N) is 5. The van der Waals surface area contributed by atoms with Gasteiger partial charge in [-0.05, 0) is 48.2 Å². The van der Waals surface area contributed by atoms with Gasteiger partial charge in [-0.25, -0.2) is 9.37 Å². The number of hydrogen-bond acceptors (Lipinski definition) is 4. The van der Waals surface area contributed by atoms with Crippen LogP contribution >= 0.6 is 0 Å². The second-order valence-electron chi connectivity index (χ2n) is 8.07. The molecule has 2 aromatic carbocycles. The number of nitriles is 2. The molecule has 0 atom stereocenters. The molecule has 6 heteroatoms. The van der Waals surface area contributed by atoms with Crippen LogP contribution in [0.5, 0.6) is 0 Å². The van der Waals surface area contributed by atoms with Gasteiger partial charge in [0.15, 0.2) is 5.82 Å². The van der Waals surface area contributed by atoms with Crippen LogP contribution in [-0.2, 0) is 19.5 Å². The lowest BCUT2D eigenvalue weighted by molar-refractivity contribution is 0.623. The highest BCUT2D eigenvalue weighted by Gasteiger charge is 2.25. The van der Waals surface area contributed by atoms with Crippen molar-refractivity contribution >= 4 is 16.7 Å². The summed E-state index contributed by atoms with van der Waals surface area (Å²) in [6, 6.07) is 21.0. The van der Waals surface area contributed by atoms with Crippen LogP contribution in [0, 0.1) is 35.4 Å². The van der Waals surface area contributed by atoms with Gasteiger partial charge in [0.25, 0.3) is 0 Å². The molecule has 0 radical (unpaired) electrons. The van der Waals surface area contributed by atoms with E-state index in [0.717, 1.165) is 29.7 Å². The summed E-state index contributed by atoms with van der Waals surface area (Å²) in [5, 5.41) is 20.2. The summed E-state index contributed by atoms with van der Waals surface area (Å²) < 4.78 is 15.9. The van der Waals surface area contributed by atoms with Crippen LogP contribution in [0.1, 0.15) is 33.6 Å². The van der Waals surface area contributed by atoms with Crippen LogP contribution in [0.2, 0.25) is 0 Å². The molecule has 0 saturated heterocycles. The number of benzene rings is 2. The van der Waals surface area contributed by atoms with Crippen molar-refractivity contribution in [3.05, 3.63) is 94.1 Å². The van der Waals surface area contributed by atoms with E-state index in [2.05, 4.69) is 34.2 Å². The Morgan fingerprint density at radius 1 is 1.03 bits per heavy atom. The van der Waals surface area contributed by atoms with Crippen LogP contribution < -0.4 is 4.90 Å². The van der Waals surface area contributed by atoms with Gasteiger partial charge in [0, 0.05) is 30.7 Å². The third-order valence-electron chi connectivity index (χ3n) is 6.17. The zero-order valence-corrected chi connectivity index (χ0v) is 17.6. The summed E-state index contributed by atoms with van der Waals surface area (Å²) in [6.45, 7) is 3.74. The van der Waals surface area contributed by atoms with Gasteiger partial charge in [-0.3, -0.25) is 0 Å². The average molecular weight is 421 g/mol. The Bertz CT molecular complexity index is 1440. The maximum atomic E-state index is 13.8. The molecule has 156 valence electrons. The highest BCUT2D eigenvalue weighted by Crippen LogP contribution is 2.35. The molecular formula is C26H20FN5. The van der Waals surface area contributed by atoms with Crippen LogP contribution in [0.15, 0.2) is 54.6 Å². The molecule has 0 spiro atoms. The van der Waals surface area contributed by atoms with E-state index in [0.29, 0.717) is 29.9 Å². The number of rotatable bonds is 3. The fourth-order valence-electron chi connectivity index (χ4n) is 4.59. The Balaban J connectivity index is 1.72. The molecule has 32 heavy (non-hydrogen) atoms.